The van der Waals surface area contributed by atoms with Crippen LogP contribution in [-0.4, -0.2) is 15.9 Å². The number of halogens is 3. The van der Waals surface area contributed by atoms with Gasteiger partial charge in [-0.2, -0.15) is 0 Å². The number of aromatic nitrogens is 2. The minimum Gasteiger partial charge on any atom is -0.324 e. The van der Waals surface area contributed by atoms with Crippen LogP contribution in [0.4, 0.5) is 14.5 Å². The van der Waals surface area contributed by atoms with Gasteiger partial charge in [0.05, 0.1) is 11.1 Å². The molecule has 0 saturated carbocycles. The molecule has 0 saturated heterocycles. The average molecular weight is 462 g/mol. The minimum absolute atomic E-state index is 0.120. The number of nitrogens with zero attached hydrogens (tertiary/aromatic N) is 2. The summed E-state index contributed by atoms with van der Waals surface area (Å²) in [6.45, 7) is 1.77. The summed E-state index contributed by atoms with van der Waals surface area (Å²) in [6.07, 6.45) is 3.38. The molecule has 164 valence electrons. The third-order valence-corrected chi connectivity index (χ3v) is 6.15. The number of hydrogen-bond acceptors (Lipinski definition) is 3. The number of carbonyl (C=O) groups excluding carboxylic acids is 1. The largest absolute Gasteiger partial charge is 0.324 e. The monoisotopic (exact) mass is 461 g/mol. The van der Waals surface area contributed by atoms with E-state index in [-0.39, 0.29) is 12.3 Å². The summed E-state index contributed by atoms with van der Waals surface area (Å²) in [6, 6.07) is 16.3. The first-order chi connectivity index (χ1) is 15.8. The van der Waals surface area contributed by atoms with Gasteiger partial charge in [0.15, 0.2) is 5.82 Å². The highest BCUT2D eigenvalue weighted by Crippen LogP contribution is 2.46. The first-order valence-corrected chi connectivity index (χ1v) is 10.7. The van der Waals surface area contributed by atoms with E-state index in [1.54, 1.807) is 31.5 Å². The summed E-state index contributed by atoms with van der Waals surface area (Å²) >= 11 is 6.22. The van der Waals surface area contributed by atoms with Crippen molar-refractivity contribution < 1.29 is 13.6 Å². The Balaban J connectivity index is 1.72. The molecular weight excluding hydrogens is 444 g/mol. The van der Waals surface area contributed by atoms with Gasteiger partial charge in [-0.1, -0.05) is 23.7 Å². The van der Waals surface area contributed by atoms with Crippen molar-refractivity contribution in [3.8, 4) is 22.5 Å². The molecule has 1 aliphatic rings. The lowest BCUT2D eigenvalue weighted by molar-refractivity contribution is -0.120. The molecule has 1 aromatic heterocycles. The summed E-state index contributed by atoms with van der Waals surface area (Å²) in [5.41, 5.74) is 2.98. The lowest BCUT2D eigenvalue weighted by atomic mass is 9.77. The highest BCUT2D eigenvalue weighted by atomic mass is 35.5. The van der Waals surface area contributed by atoms with Gasteiger partial charge in [-0.25, -0.2) is 18.7 Å². The maximum Gasteiger partial charge on any atom is 0.235 e. The fourth-order valence-electron chi connectivity index (χ4n) is 4.33. The third-order valence-electron chi connectivity index (χ3n) is 5.92. The van der Waals surface area contributed by atoms with Crippen molar-refractivity contribution in [1.29, 1.82) is 0 Å². The van der Waals surface area contributed by atoms with Crippen molar-refractivity contribution in [3.63, 3.8) is 0 Å². The standard InChI is InChI=1S/C26H18ClF2N3O/c1-26(14-15-8-19(28)13-20(29)9-15)22-12-17(16-4-2-5-18(27)10-16)11-21(23(22)32-25(26)33)24-30-6-3-7-31-24/h2-13H,14H2,1H3,(H,32,33). The van der Waals surface area contributed by atoms with E-state index in [1.165, 1.54) is 12.1 Å². The predicted octanol–water partition coefficient (Wildman–Crippen LogP) is 6.19. The second-order valence-corrected chi connectivity index (χ2v) is 8.71. The number of hydrogen-bond donors (Lipinski definition) is 1. The number of benzene rings is 3. The van der Waals surface area contributed by atoms with Crippen LogP contribution in [-0.2, 0) is 16.6 Å². The normalized spacial score (nSPS) is 17.0. The van der Waals surface area contributed by atoms with E-state index in [0.29, 0.717) is 33.2 Å². The van der Waals surface area contributed by atoms with Crippen molar-refractivity contribution in [3.05, 3.63) is 101 Å². The Hall–Kier alpha value is -3.64. The quantitative estimate of drug-likeness (QED) is 0.394. The molecule has 0 radical (unpaired) electrons. The highest BCUT2D eigenvalue weighted by Gasteiger charge is 2.44. The first-order valence-electron chi connectivity index (χ1n) is 10.3. The number of rotatable bonds is 4. The number of nitrogens with one attached hydrogen (secondary N) is 1. The summed E-state index contributed by atoms with van der Waals surface area (Å²) in [4.78, 5) is 22.0. The van der Waals surface area contributed by atoms with E-state index in [9.17, 15) is 13.6 Å². The maximum absolute atomic E-state index is 13.9. The van der Waals surface area contributed by atoms with E-state index < -0.39 is 17.0 Å². The van der Waals surface area contributed by atoms with Crippen LogP contribution in [0.5, 0.6) is 0 Å². The van der Waals surface area contributed by atoms with Crippen LogP contribution in [0.2, 0.25) is 5.02 Å². The smallest absolute Gasteiger partial charge is 0.235 e. The molecule has 7 heteroatoms. The van der Waals surface area contributed by atoms with Crippen molar-refractivity contribution in [2.45, 2.75) is 18.8 Å². The number of anilines is 1. The van der Waals surface area contributed by atoms with Gasteiger partial charge in [0.1, 0.15) is 11.6 Å². The molecule has 4 nitrogen and oxygen atoms in total. The Morgan fingerprint density at radius 3 is 2.36 bits per heavy atom. The Bertz CT molecular complexity index is 1370. The van der Waals surface area contributed by atoms with Crippen molar-refractivity contribution in [2.24, 2.45) is 0 Å². The lowest BCUT2D eigenvalue weighted by Crippen LogP contribution is -2.33. The SMILES string of the molecule is CC1(Cc2cc(F)cc(F)c2)C(=O)Nc2c(-c3ncccn3)cc(-c3cccc(Cl)c3)cc21. The highest BCUT2D eigenvalue weighted by molar-refractivity contribution is 6.30. The van der Waals surface area contributed by atoms with Crippen molar-refractivity contribution in [1.82, 2.24) is 9.97 Å². The second kappa shape index (κ2) is 8.05. The molecule has 2 heterocycles. The van der Waals surface area contributed by atoms with Crippen LogP contribution in [0.25, 0.3) is 22.5 Å². The lowest BCUT2D eigenvalue weighted by Gasteiger charge is -2.23. The molecule has 1 atom stereocenters. The van der Waals surface area contributed by atoms with Crippen LogP contribution in [0.15, 0.2) is 73.1 Å². The summed E-state index contributed by atoms with van der Waals surface area (Å²) in [5, 5.41) is 3.54. The fourth-order valence-corrected chi connectivity index (χ4v) is 4.52. The zero-order valence-electron chi connectivity index (χ0n) is 17.6. The Morgan fingerprint density at radius 2 is 1.67 bits per heavy atom. The summed E-state index contributed by atoms with van der Waals surface area (Å²) in [7, 11) is 0. The van der Waals surface area contributed by atoms with Gasteiger partial charge in [0.25, 0.3) is 0 Å². The molecule has 5 rings (SSSR count). The molecule has 1 unspecified atom stereocenters. The summed E-state index contributed by atoms with van der Waals surface area (Å²) in [5.74, 6) is -1.17. The number of carbonyl (C=O) groups is 1. The number of amides is 1. The predicted molar refractivity (Wildman–Crippen MR) is 124 cm³/mol. The molecule has 33 heavy (non-hydrogen) atoms. The van der Waals surface area contributed by atoms with Gasteiger partial charge >= 0.3 is 0 Å². The van der Waals surface area contributed by atoms with Gasteiger partial charge in [-0.05, 0) is 78.1 Å². The van der Waals surface area contributed by atoms with Crippen LogP contribution in [0.1, 0.15) is 18.1 Å². The van der Waals surface area contributed by atoms with E-state index >= 15 is 0 Å². The van der Waals surface area contributed by atoms with Gasteiger partial charge in [-0.3, -0.25) is 4.79 Å². The molecule has 1 amide bonds. The van der Waals surface area contributed by atoms with Crippen LogP contribution >= 0.6 is 11.6 Å². The van der Waals surface area contributed by atoms with E-state index in [2.05, 4.69) is 15.3 Å². The summed E-state index contributed by atoms with van der Waals surface area (Å²) < 4.78 is 27.7. The molecule has 0 aliphatic carbocycles. The van der Waals surface area contributed by atoms with Crippen molar-refractivity contribution in [2.75, 3.05) is 5.32 Å². The molecular formula is C26H18ClF2N3O. The average Bonchev–Trinajstić information content (AvgIpc) is 3.03. The van der Waals surface area contributed by atoms with E-state index in [0.717, 1.165) is 17.2 Å². The molecule has 3 aromatic carbocycles. The second-order valence-electron chi connectivity index (χ2n) is 8.27. The maximum atomic E-state index is 13.9. The van der Waals surface area contributed by atoms with Gasteiger partial charge in [-0.15, -0.1) is 0 Å². The minimum atomic E-state index is -1.06. The zero-order chi connectivity index (χ0) is 23.2. The number of fused-ring (bicyclic) bond motifs is 1. The topological polar surface area (TPSA) is 54.9 Å². The Labute approximate surface area is 194 Å². The van der Waals surface area contributed by atoms with Crippen LogP contribution < -0.4 is 5.32 Å². The van der Waals surface area contributed by atoms with Crippen LogP contribution in [0, 0.1) is 11.6 Å². The van der Waals surface area contributed by atoms with E-state index in [4.69, 9.17) is 11.6 Å². The first kappa shape index (κ1) is 21.2. The Kier molecular flexibility index (Phi) is 5.17. The third kappa shape index (κ3) is 3.87. The zero-order valence-corrected chi connectivity index (χ0v) is 18.3. The molecule has 4 aromatic rings. The molecule has 1 N–H and O–H groups in total. The van der Waals surface area contributed by atoms with E-state index in [1.807, 2.05) is 30.3 Å². The Morgan fingerprint density at radius 1 is 0.939 bits per heavy atom. The van der Waals surface area contributed by atoms with Gasteiger partial charge in [0.2, 0.25) is 5.91 Å². The molecule has 0 spiro atoms. The van der Waals surface area contributed by atoms with Crippen LogP contribution in [0.3, 0.4) is 0 Å². The molecule has 0 bridgehead atoms. The fraction of sp³-hybridized carbons (Fsp3) is 0.115. The molecule has 0 fully saturated rings. The van der Waals surface area contributed by atoms with Gasteiger partial charge in [0, 0.05) is 29.0 Å². The molecule has 1 aliphatic heterocycles. The van der Waals surface area contributed by atoms with Crippen molar-refractivity contribution >= 4 is 23.2 Å². The van der Waals surface area contributed by atoms with Gasteiger partial charge < -0.3 is 5.32 Å².